The van der Waals surface area contributed by atoms with Crippen LogP contribution >= 0.6 is 11.6 Å². The number of halogens is 2. The van der Waals surface area contributed by atoms with Crippen molar-refractivity contribution < 1.29 is 4.39 Å². The number of rotatable bonds is 6. The molecule has 5 rings (SSSR count). The van der Waals surface area contributed by atoms with Crippen LogP contribution in [0.2, 0.25) is 5.02 Å². The minimum Gasteiger partial charge on any atom is -0.353 e. The fourth-order valence-corrected chi connectivity index (χ4v) is 5.02. The predicted octanol–water partition coefficient (Wildman–Crippen LogP) is 3.35. The quantitative estimate of drug-likeness (QED) is 0.430. The van der Waals surface area contributed by atoms with Crippen LogP contribution in [0.4, 0.5) is 10.3 Å². The van der Waals surface area contributed by atoms with E-state index < -0.39 is 17.1 Å². The van der Waals surface area contributed by atoms with Crippen molar-refractivity contribution in [2.24, 2.45) is 14.1 Å². The lowest BCUT2D eigenvalue weighted by Gasteiger charge is -2.32. The van der Waals surface area contributed by atoms with Gasteiger partial charge in [0.2, 0.25) is 5.95 Å². The normalized spacial score (nSPS) is 15.0. The van der Waals surface area contributed by atoms with Crippen molar-refractivity contribution in [3.05, 3.63) is 91.3 Å². The molecule has 4 aromatic rings. The van der Waals surface area contributed by atoms with E-state index in [4.69, 9.17) is 11.6 Å². The van der Waals surface area contributed by atoms with Gasteiger partial charge in [0.15, 0.2) is 11.2 Å². The summed E-state index contributed by atoms with van der Waals surface area (Å²) < 4.78 is 17.8. The monoisotopic (exact) mass is 510 g/mol. The van der Waals surface area contributed by atoms with Gasteiger partial charge in [-0.15, -0.1) is 0 Å². The lowest BCUT2D eigenvalue weighted by Crippen LogP contribution is -2.39. The molecule has 0 spiro atoms. The Morgan fingerprint density at radius 2 is 1.75 bits per heavy atom. The SMILES string of the molecule is Cn1c(=O)c2c(nc(NC3CCN(Cc4ccccc4)CC3)n2Cc2ccc(F)cc2Cl)n(C)c1=O. The van der Waals surface area contributed by atoms with E-state index in [9.17, 15) is 14.0 Å². The second-order valence-corrected chi connectivity index (χ2v) is 9.72. The summed E-state index contributed by atoms with van der Waals surface area (Å²) in [7, 11) is 3.04. The maximum Gasteiger partial charge on any atom is 0.332 e. The second kappa shape index (κ2) is 9.91. The van der Waals surface area contributed by atoms with Crippen molar-refractivity contribution in [3.63, 3.8) is 0 Å². The molecule has 8 nitrogen and oxygen atoms in total. The van der Waals surface area contributed by atoms with Crippen LogP contribution < -0.4 is 16.6 Å². The van der Waals surface area contributed by atoms with Gasteiger partial charge >= 0.3 is 5.69 Å². The number of anilines is 1. The van der Waals surface area contributed by atoms with Crippen LogP contribution in [0.25, 0.3) is 11.2 Å². The van der Waals surface area contributed by atoms with Crippen LogP contribution in [-0.2, 0) is 27.2 Å². The molecular formula is C26H28ClFN6O2. The number of aromatic nitrogens is 4. The molecule has 1 fully saturated rings. The number of fused-ring (bicyclic) bond motifs is 1. The van der Waals surface area contributed by atoms with Gasteiger partial charge in [0, 0.05) is 44.8 Å². The molecule has 10 heteroatoms. The Bertz CT molecular complexity index is 1520. The summed E-state index contributed by atoms with van der Waals surface area (Å²) in [4.78, 5) is 32.8. The lowest BCUT2D eigenvalue weighted by atomic mass is 10.0. The molecule has 1 aliphatic heterocycles. The zero-order chi connectivity index (χ0) is 25.4. The summed E-state index contributed by atoms with van der Waals surface area (Å²) in [6.07, 6.45) is 1.81. The topological polar surface area (TPSA) is 77.1 Å². The third kappa shape index (κ3) is 4.68. The number of imidazole rings is 1. The number of aryl methyl sites for hydroxylation is 1. The van der Waals surface area contributed by atoms with Crippen molar-refractivity contribution in [3.8, 4) is 0 Å². The number of hydrogen-bond donors (Lipinski definition) is 1. The summed E-state index contributed by atoms with van der Waals surface area (Å²) >= 11 is 6.31. The second-order valence-electron chi connectivity index (χ2n) is 9.32. The number of benzene rings is 2. The molecule has 1 N–H and O–H groups in total. The highest BCUT2D eigenvalue weighted by atomic mass is 35.5. The zero-order valence-corrected chi connectivity index (χ0v) is 21.0. The fourth-order valence-electron chi connectivity index (χ4n) is 4.79. The Morgan fingerprint density at radius 1 is 1.03 bits per heavy atom. The summed E-state index contributed by atoms with van der Waals surface area (Å²) in [5, 5.41) is 3.77. The molecule has 188 valence electrons. The van der Waals surface area contributed by atoms with E-state index in [-0.39, 0.29) is 17.6 Å². The Labute approximate surface area is 212 Å². The van der Waals surface area contributed by atoms with Gasteiger partial charge in [0.25, 0.3) is 5.56 Å². The first kappa shape index (κ1) is 24.3. The molecule has 36 heavy (non-hydrogen) atoms. The van der Waals surface area contributed by atoms with Gasteiger partial charge in [0.05, 0.1) is 6.54 Å². The number of piperidine rings is 1. The highest BCUT2D eigenvalue weighted by molar-refractivity contribution is 6.31. The Hall–Kier alpha value is -3.43. The molecule has 0 radical (unpaired) electrons. The maximum absolute atomic E-state index is 13.6. The zero-order valence-electron chi connectivity index (χ0n) is 20.2. The lowest BCUT2D eigenvalue weighted by molar-refractivity contribution is 0.211. The van der Waals surface area contributed by atoms with Gasteiger partial charge in [-0.2, -0.15) is 4.98 Å². The van der Waals surface area contributed by atoms with E-state index in [0.29, 0.717) is 22.7 Å². The van der Waals surface area contributed by atoms with Gasteiger partial charge in [0.1, 0.15) is 5.82 Å². The molecule has 0 bridgehead atoms. The Morgan fingerprint density at radius 3 is 2.44 bits per heavy atom. The van der Waals surface area contributed by atoms with E-state index >= 15 is 0 Å². The molecule has 0 saturated carbocycles. The molecule has 3 heterocycles. The average molecular weight is 511 g/mol. The van der Waals surface area contributed by atoms with Crippen molar-refractivity contribution in [2.75, 3.05) is 18.4 Å². The Kier molecular flexibility index (Phi) is 6.68. The van der Waals surface area contributed by atoms with Crippen LogP contribution in [0.1, 0.15) is 24.0 Å². The summed E-state index contributed by atoms with van der Waals surface area (Å²) in [5.41, 5.74) is 1.64. The largest absolute Gasteiger partial charge is 0.353 e. The van der Waals surface area contributed by atoms with E-state index in [1.165, 1.54) is 29.3 Å². The Balaban J connectivity index is 1.45. The number of nitrogens with zero attached hydrogens (tertiary/aromatic N) is 5. The van der Waals surface area contributed by atoms with Gasteiger partial charge in [-0.05, 0) is 36.1 Å². The van der Waals surface area contributed by atoms with E-state index in [1.54, 1.807) is 17.7 Å². The standard InChI is InChI=1S/C26H28ClFN6O2/c1-31-23-22(24(35)32(2)26(31)36)34(16-18-8-9-19(28)14-21(18)27)25(30-23)29-20-10-12-33(13-11-20)15-17-6-4-3-5-7-17/h3-9,14,20H,10-13,15-16H2,1-2H3,(H,29,30). The van der Waals surface area contributed by atoms with Crippen LogP contribution in [0.3, 0.4) is 0 Å². The van der Waals surface area contributed by atoms with E-state index in [0.717, 1.165) is 37.0 Å². The molecule has 0 unspecified atom stereocenters. The predicted molar refractivity (Wildman–Crippen MR) is 139 cm³/mol. The number of hydrogen-bond acceptors (Lipinski definition) is 5. The third-order valence-corrected chi connectivity index (χ3v) is 7.21. The maximum atomic E-state index is 13.6. The number of nitrogens with one attached hydrogen (secondary N) is 1. The first-order valence-electron chi connectivity index (χ1n) is 11.9. The van der Waals surface area contributed by atoms with Crippen LogP contribution in [0, 0.1) is 5.82 Å². The van der Waals surface area contributed by atoms with Crippen molar-refractivity contribution in [1.29, 1.82) is 0 Å². The third-order valence-electron chi connectivity index (χ3n) is 6.86. The van der Waals surface area contributed by atoms with Gasteiger partial charge in [-0.1, -0.05) is 48.0 Å². The van der Waals surface area contributed by atoms with Crippen LogP contribution in [0.15, 0.2) is 58.1 Å². The smallest absolute Gasteiger partial charge is 0.332 e. The molecule has 0 aliphatic carbocycles. The molecule has 1 saturated heterocycles. The first-order valence-corrected chi connectivity index (χ1v) is 12.3. The van der Waals surface area contributed by atoms with Gasteiger partial charge < -0.3 is 5.32 Å². The summed E-state index contributed by atoms with van der Waals surface area (Å²) in [6.45, 7) is 2.97. The highest BCUT2D eigenvalue weighted by Gasteiger charge is 2.24. The first-order chi connectivity index (χ1) is 17.3. The van der Waals surface area contributed by atoms with Gasteiger partial charge in [-0.3, -0.25) is 23.4 Å². The van der Waals surface area contributed by atoms with Crippen molar-refractivity contribution >= 4 is 28.7 Å². The fraction of sp³-hybridized carbons (Fsp3) is 0.346. The van der Waals surface area contributed by atoms with Crippen molar-refractivity contribution in [1.82, 2.24) is 23.6 Å². The molecule has 0 atom stereocenters. The average Bonchev–Trinajstić information content (AvgIpc) is 3.22. The summed E-state index contributed by atoms with van der Waals surface area (Å²) in [5.74, 6) is 0.0587. The minimum atomic E-state index is -0.447. The summed E-state index contributed by atoms with van der Waals surface area (Å²) in [6, 6.07) is 14.7. The van der Waals surface area contributed by atoms with Gasteiger partial charge in [-0.25, -0.2) is 9.18 Å². The molecule has 2 aromatic carbocycles. The van der Waals surface area contributed by atoms with E-state index in [1.807, 2.05) is 6.07 Å². The van der Waals surface area contributed by atoms with E-state index in [2.05, 4.69) is 39.5 Å². The molecule has 2 aromatic heterocycles. The highest BCUT2D eigenvalue weighted by Crippen LogP contribution is 2.25. The van der Waals surface area contributed by atoms with Crippen molar-refractivity contribution in [2.45, 2.75) is 32.0 Å². The molecular weight excluding hydrogens is 483 g/mol. The number of likely N-dealkylation sites (tertiary alicyclic amines) is 1. The molecule has 0 amide bonds. The van der Waals surface area contributed by atoms with Crippen LogP contribution in [0.5, 0.6) is 0 Å². The van der Waals surface area contributed by atoms with Crippen LogP contribution in [-0.4, -0.2) is 42.7 Å². The molecule has 1 aliphatic rings. The minimum absolute atomic E-state index is 0.150.